The van der Waals surface area contributed by atoms with Crippen molar-refractivity contribution in [3.63, 3.8) is 0 Å². The first kappa shape index (κ1) is 21.0. The number of carbonyl (C=O) groups is 1. The van der Waals surface area contributed by atoms with E-state index >= 15 is 0 Å². The number of hydrogen-bond donors (Lipinski definition) is 1. The Labute approximate surface area is 180 Å². The van der Waals surface area contributed by atoms with Gasteiger partial charge in [-0.2, -0.15) is 5.10 Å². The number of carbonyl (C=O) groups excluding carboxylic acids is 1. The highest BCUT2D eigenvalue weighted by molar-refractivity contribution is 5.86. The minimum atomic E-state index is -0.234. The lowest BCUT2D eigenvalue weighted by atomic mass is 9.89. The zero-order chi connectivity index (χ0) is 20.9. The van der Waals surface area contributed by atoms with Crippen molar-refractivity contribution in [1.82, 2.24) is 14.8 Å². The van der Waals surface area contributed by atoms with Gasteiger partial charge >= 0.3 is 0 Å². The van der Waals surface area contributed by atoms with Crippen LogP contribution in [0.1, 0.15) is 38.5 Å². The van der Waals surface area contributed by atoms with Crippen LogP contribution in [0.5, 0.6) is 0 Å². The summed E-state index contributed by atoms with van der Waals surface area (Å²) in [6, 6.07) is 8.15. The van der Waals surface area contributed by atoms with E-state index in [2.05, 4.69) is 26.8 Å². The fourth-order valence-corrected chi connectivity index (χ4v) is 5.08. The first-order chi connectivity index (χ1) is 14.6. The lowest BCUT2D eigenvalue weighted by Gasteiger charge is -2.37. The zero-order valence-corrected chi connectivity index (χ0v) is 18.2. The van der Waals surface area contributed by atoms with Crippen LogP contribution in [0, 0.1) is 5.92 Å². The third-order valence-corrected chi connectivity index (χ3v) is 6.87. The maximum absolute atomic E-state index is 11.7. The summed E-state index contributed by atoms with van der Waals surface area (Å²) < 4.78 is 0. The Morgan fingerprint density at radius 3 is 2.60 bits per heavy atom. The van der Waals surface area contributed by atoms with Crippen LogP contribution >= 0.6 is 0 Å². The van der Waals surface area contributed by atoms with Crippen LogP contribution in [0.15, 0.2) is 29.4 Å². The number of amidine groups is 1. The maximum atomic E-state index is 11.7. The van der Waals surface area contributed by atoms with Gasteiger partial charge in [0, 0.05) is 64.1 Å². The first-order valence-corrected chi connectivity index (χ1v) is 11.5. The second-order valence-corrected chi connectivity index (χ2v) is 8.97. The molecule has 30 heavy (non-hydrogen) atoms. The van der Waals surface area contributed by atoms with Crippen molar-refractivity contribution in [2.24, 2.45) is 11.0 Å². The molecule has 164 valence electrons. The quantitative estimate of drug-likeness (QED) is 0.548. The van der Waals surface area contributed by atoms with Gasteiger partial charge in [0.2, 0.25) is 0 Å². The molecule has 1 aliphatic carbocycles. The number of anilines is 2. The monoisotopic (exact) mass is 412 g/mol. The zero-order valence-electron chi connectivity index (χ0n) is 18.2. The van der Waals surface area contributed by atoms with Crippen LogP contribution in [0.3, 0.4) is 0 Å². The van der Waals surface area contributed by atoms with Crippen LogP contribution in [0.2, 0.25) is 0 Å². The fraction of sp³-hybridized carbons (Fsp3) is 0.652. The van der Waals surface area contributed by atoms with E-state index in [9.17, 15) is 4.79 Å². The van der Waals surface area contributed by atoms with Gasteiger partial charge in [0.05, 0.1) is 0 Å². The van der Waals surface area contributed by atoms with Crippen LogP contribution in [0.4, 0.5) is 11.4 Å². The summed E-state index contributed by atoms with van der Waals surface area (Å²) in [5.74, 6) is 1.78. The summed E-state index contributed by atoms with van der Waals surface area (Å²) in [5.41, 5.74) is 7.97. The molecule has 7 nitrogen and oxygen atoms in total. The molecule has 2 N–H and O–H groups in total. The molecule has 4 rings (SSSR count). The van der Waals surface area contributed by atoms with Gasteiger partial charge in [-0.25, -0.2) is 0 Å². The smallest absolute Gasteiger partial charge is 0.175 e. The number of benzene rings is 1. The number of nitrogen functional groups attached to an aromatic ring is 1. The molecule has 0 aromatic heterocycles. The van der Waals surface area contributed by atoms with Gasteiger partial charge in [-0.1, -0.05) is 25.3 Å². The number of aldehydes is 1. The van der Waals surface area contributed by atoms with Crippen molar-refractivity contribution in [2.75, 3.05) is 56.9 Å². The van der Waals surface area contributed by atoms with E-state index in [1.807, 2.05) is 24.2 Å². The molecule has 0 amide bonds. The van der Waals surface area contributed by atoms with Gasteiger partial charge in [-0.05, 0) is 37.0 Å². The molecule has 1 atom stereocenters. The minimum Gasteiger partial charge on any atom is -0.399 e. The molecular formula is C23H36N6O. The van der Waals surface area contributed by atoms with E-state index in [1.54, 1.807) is 0 Å². The summed E-state index contributed by atoms with van der Waals surface area (Å²) in [7, 11) is 1.92. The maximum Gasteiger partial charge on any atom is 0.175 e. The van der Waals surface area contributed by atoms with Gasteiger partial charge < -0.3 is 15.5 Å². The third-order valence-electron chi connectivity index (χ3n) is 6.87. The molecule has 2 fully saturated rings. The van der Waals surface area contributed by atoms with E-state index in [1.165, 1.54) is 37.8 Å². The highest BCUT2D eigenvalue weighted by Gasteiger charge is 2.33. The molecule has 3 aliphatic rings. The fourth-order valence-electron chi connectivity index (χ4n) is 5.08. The van der Waals surface area contributed by atoms with Gasteiger partial charge in [0.15, 0.2) is 12.5 Å². The molecule has 7 heteroatoms. The second-order valence-electron chi connectivity index (χ2n) is 8.97. The third kappa shape index (κ3) is 4.89. The van der Waals surface area contributed by atoms with E-state index in [-0.39, 0.29) is 6.17 Å². The summed E-state index contributed by atoms with van der Waals surface area (Å²) in [6.07, 6.45) is 8.28. The number of nitrogens with zero attached hydrogens (tertiary/aromatic N) is 5. The molecule has 0 spiro atoms. The molecule has 2 aliphatic heterocycles. The number of likely N-dealkylation sites (N-methyl/N-ethyl adjacent to an activating group) is 1. The van der Waals surface area contributed by atoms with E-state index in [0.29, 0.717) is 5.92 Å². The number of hydrogen-bond acceptors (Lipinski definition) is 7. The average Bonchev–Trinajstić information content (AvgIpc) is 3.07. The molecule has 2 heterocycles. The van der Waals surface area contributed by atoms with Crippen LogP contribution in [0.25, 0.3) is 0 Å². The molecule has 1 unspecified atom stereocenters. The Morgan fingerprint density at radius 1 is 1.13 bits per heavy atom. The Balaban J connectivity index is 1.30. The van der Waals surface area contributed by atoms with Gasteiger partial charge in [0.1, 0.15) is 5.84 Å². The Kier molecular flexibility index (Phi) is 6.77. The van der Waals surface area contributed by atoms with Gasteiger partial charge in [-0.3, -0.25) is 14.7 Å². The second kappa shape index (κ2) is 9.69. The normalized spacial score (nSPS) is 23.7. The number of nitrogens with two attached hydrogens (primary N) is 1. The van der Waals surface area contributed by atoms with E-state index in [4.69, 9.17) is 10.8 Å². The predicted octanol–water partition coefficient (Wildman–Crippen LogP) is 2.45. The molecule has 0 radical (unpaired) electrons. The van der Waals surface area contributed by atoms with Crippen LogP contribution in [-0.4, -0.2) is 79.4 Å². The molecule has 1 aromatic rings. The lowest BCUT2D eigenvalue weighted by molar-refractivity contribution is -0.115. The molecule has 1 saturated heterocycles. The van der Waals surface area contributed by atoms with Gasteiger partial charge in [0.25, 0.3) is 0 Å². The molecule has 0 bridgehead atoms. The SMILES string of the molecule is CN1N=C(CCN2CCN(c3cccc(N)c3)CC2)N(CC2CCCCC2)C1C=O. The highest BCUT2D eigenvalue weighted by Crippen LogP contribution is 2.27. The standard InChI is InChI=1S/C23H36N6O/c1-26-23(18-30)29(17-19-6-3-2-4-7-19)22(25-26)10-11-27-12-14-28(15-13-27)21-9-5-8-20(24)16-21/h5,8-9,16,18-19,23H,2-4,6-7,10-15,17,24H2,1H3. The topological polar surface area (TPSA) is 68.4 Å². The predicted molar refractivity (Wildman–Crippen MR) is 122 cm³/mol. The van der Waals surface area contributed by atoms with Crippen LogP contribution in [-0.2, 0) is 4.79 Å². The van der Waals surface area contributed by atoms with Crippen molar-refractivity contribution in [1.29, 1.82) is 0 Å². The number of piperazine rings is 1. The van der Waals surface area contributed by atoms with Gasteiger partial charge in [-0.15, -0.1) is 0 Å². The van der Waals surface area contributed by atoms with Crippen molar-refractivity contribution < 1.29 is 4.79 Å². The van der Waals surface area contributed by atoms with E-state index in [0.717, 1.165) is 63.5 Å². The van der Waals surface area contributed by atoms with Crippen LogP contribution < -0.4 is 10.6 Å². The summed E-state index contributed by atoms with van der Waals surface area (Å²) in [6.45, 7) is 6.06. The van der Waals surface area contributed by atoms with Crippen molar-refractivity contribution in [2.45, 2.75) is 44.7 Å². The molecule has 1 saturated carbocycles. The average molecular weight is 413 g/mol. The molecular weight excluding hydrogens is 376 g/mol. The number of hydrazone groups is 1. The summed E-state index contributed by atoms with van der Waals surface area (Å²) in [4.78, 5) is 18.9. The highest BCUT2D eigenvalue weighted by atomic mass is 16.1. The van der Waals surface area contributed by atoms with Crippen molar-refractivity contribution in [3.8, 4) is 0 Å². The first-order valence-electron chi connectivity index (χ1n) is 11.5. The minimum absolute atomic E-state index is 0.234. The Hall–Kier alpha value is -2.28. The van der Waals surface area contributed by atoms with E-state index < -0.39 is 0 Å². The van der Waals surface area contributed by atoms with Crippen molar-refractivity contribution in [3.05, 3.63) is 24.3 Å². The largest absolute Gasteiger partial charge is 0.399 e. The van der Waals surface area contributed by atoms with Crippen molar-refractivity contribution >= 4 is 23.5 Å². The Bertz CT molecular complexity index is 739. The summed E-state index contributed by atoms with van der Waals surface area (Å²) >= 11 is 0. The lowest BCUT2D eigenvalue weighted by Crippen LogP contribution is -2.48. The Morgan fingerprint density at radius 2 is 1.90 bits per heavy atom. The number of rotatable bonds is 7. The molecule has 1 aromatic carbocycles. The summed E-state index contributed by atoms with van der Waals surface area (Å²) in [5, 5.41) is 6.57.